The van der Waals surface area contributed by atoms with Crippen LogP contribution in [0.3, 0.4) is 0 Å². The summed E-state index contributed by atoms with van der Waals surface area (Å²) in [4.78, 5) is 10.3. The Morgan fingerprint density at radius 3 is 2.58 bits per heavy atom. The molecule has 7 nitrogen and oxygen atoms in total. The minimum Gasteiger partial charge on any atom is -0.478 e. The molecule has 0 saturated heterocycles. The average Bonchev–Trinajstić information content (AvgIpc) is 2.94. The molecule has 0 fully saturated rings. The zero-order chi connectivity index (χ0) is 19.1. The van der Waals surface area contributed by atoms with E-state index in [0.29, 0.717) is 18.7 Å². The molecular formula is C15H14F3N3O4S. The number of aromatic nitrogens is 2. The fourth-order valence-electron chi connectivity index (χ4n) is 2.78. The van der Waals surface area contributed by atoms with Crippen LogP contribution in [0.15, 0.2) is 29.2 Å². The molecule has 0 aliphatic carbocycles. The number of hydrogen-bond acceptors (Lipinski definition) is 4. The highest BCUT2D eigenvalue weighted by Crippen LogP contribution is 2.34. The topological polar surface area (TPSA) is 101 Å². The van der Waals surface area contributed by atoms with E-state index < -0.39 is 38.2 Å². The molecule has 0 amide bonds. The van der Waals surface area contributed by atoms with Gasteiger partial charge >= 0.3 is 12.1 Å². The third-order valence-corrected chi connectivity index (χ3v) is 5.34. The van der Waals surface area contributed by atoms with Crippen LogP contribution in [-0.4, -0.2) is 29.3 Å². The number of rotatable bonds is 4. The second-order valence-corrected chi connectivity index (χ2v) is 7.50. The Morgan fingerprint density at radius 1 is 1.23 bits per heavy atom. The molecule has 140 valence electrons. The molecule has 0 spiro atoms. The van der Waals surface area contributed by atoms with Crippen molar-refractivity contribution in [2.24, 2.45) is 0 Å². The maximum atomic E-state index is 13.1. The number of aryl methyl sites for hydroxylation is 2. The maximum Gasteiger partial charge on any atom is 0.417 e. The Bertz CT molecular complexity index is 944. The van der Waals surface area contributed by atoms with Gasteiger partial charge in [0.1, 0.15) is 0 Å². The monoisotopic (exact) mass is 389 g/mol. The van der Waals surface area contributed by atoms with Gasteiger partial charge in [0.05, 0.1) is 16.0 Å². The number of anilines is 1. The predicted octanol–water partition coefficient (Wildman–Crippen LogP) is 2.74. The van der Waals surface area contributed by atoms with Gasteiger partial charge in [-0.05, 0) is 37.5 Å². The van der Waals surface area contributed by atoms with E-state index in [1.54, 1.807) is 4.68 Å². The van der Waals surface area contributed by atoms with Gasteiger partial charge in [0.2, 0.25) is 0 Å². The molecule has 1 aliphatic rings. The third-order valence-electron chi connectivity index (χ3n) is 3.99. The third kappa shape index (κ3) is 3.52. The summed E-state index contributed by atoms with van der Waals surface area (Å²) in [7, 11) is -4.36. The van der Waals surface area contributed by atoms with Crippen molar-refractivity contribution in [3.63, 3.8) is 0 Å². The lowest BCUT2D eigenvalue weighted by atomic mass is 10.1. The highest BCUT2D eigenvalue weighted by Gasteiger charge is 2.36. The fraction of sp³-hybridized carbons (Fsp3) is 0.333. The number of carboxylic acid groups (broad SMARTS) is 1. The van der Waals surface area contributed by atoms with Crippen LogP contribution in [0.4, 0.5) is 19.0 Å². The first-order valence-electron chi connectivity index (χ1n) is 7.62. The Labute approximate surface area is 146 Å². The molecule has 0 saturated carbocycles. The maximum absolute atomic E-state index is 13.1. The van der Waals surface area contributed by atoms with Crippen molar-refractivity contribution >= 4 is 21.8 Å². The lowest BCUT2D eigenvalue weighted by Gasteiger charge is -2.13. The van der Waals surface area contributed by atoms with Crippen LogP contribution in [-0.2, 0) is 29.2 Å². The summed E-state index contributed by atoms with van der Waals surface area (Å²) < 4.78 is 67.8. The van der Waals surface area contributed by atoms with E-state index in [4.69, 9.17) is 5.11 Å². The van der Waals surface area contributed by atoms with Crippen molar-refractivity contribution in [1.29, 1.82) is 0 Å². The van der Waals surface area contributed by atoms with E-state index >= 15 is 0 Å². The van der Waals surface area contributed by atoms with Crippen molar-refractivity contribution < 1.29 is 31.5 Å². The van der Waals surface area contributed by atoms with Gasteiger partial charge in [0.15, 0.2) is 5.82 Å². The minimum absolute atomic E-state index is 0.0118. The Morgan fingerprint density at radius 2 is 1.96 bits per heavy atom. The van der Waals surface area contributed by atoms with Gasteiger partial charge in [-0.15, -0.1) is 0 Å². The summed E-state index contributed by atoms with van der Waals surface area (Å²) in [5.41, 5.74) is -1.71. The fourth-order valence-corrected chi connectivity index (χ4v) is 3.79. The first-order chi connectivity index (χ1) is 12.1. The standard InChI is InChI=1S/C15H14F3N3O4S/c16-15(17,18)12-8-10(4-5-11(12)14(22)23)26(24,25)20-13-7-9-3-1-2-6-21(9)19-13/h4-5,7-8H,1-3,6H2,(H,19,20)(H,22,23). The number of aromatic carboxylic acids is 1. The SMILES string of the molecule is O=C(O)c1ccc(S(=O)(=O)Nc2cc3n(n2)CCCC3)cc1C(F)(F)F. The molecule has 2 aromatic rings. The largest absolute Gasteiger partial charge is 0.478 e. The van der Waals surface area contributed by atoms with E-state index in [1.807, 2.05) is 0 Å². The zero-order valence-electron chi connectivity index (χ0n) is 13.2. The Kier molecular flexibility index (Phi) is 4.42. The number of nitrogens with zero attached hydrogens (tertiary/aromatic N) is 2. The normalized spacial score (nSPS) is 14.7. The second-order valence-electron chi connectivity index (χ2n) is 5.82. The van der Waals surface area contributed by atoms with Gasteiger partial charge < -0.3 is 5.11 Å². The van der Waals surface area contributed by atoms with E-state index in [1.165, 1.54) is 6.07 Å². The molecule has 11 heteroatoms. The van der Waals surface area contributed by atoms with E-state index in [2.05, 4.69) is 9.82 Å². The predicted molar refractivity (Wildman–Crippen MR) is 84.4 cm³/mol. The van der Waals surface area contributed by atoms with Crippen molar-refractivity contribution in [2.75, 3.05) is 4.72 Å². The summed E-state index contributed by atoms with van der Waals surface area (Å²) in [6.07, 6.45) is -2.41. The number of sulfonamides is 1. The van der Waals surface area contributed by atoms with Crippen LogP contribution in [0.2, 0.25) is 0 Å². The average molecular weight is 389 g/mol. The molecule has 1 aliphatic heterocycles. The van der Waals surface area contributed by atoms with Crippen LogP contribution in [0, 0.1) is 0 Å². The van der Waals surface area contributed by atoms with Crippen molar-refractivity contribution in [1.82, 2.24) is 9.78 Å². The number of fused-ring (bicyclic) bond motifs is 1. The molecule has 0 bridgehead atoms. The number of carboxylic acids is 1. The van der Waals surface area contributed by atoms with Gasteiger partial charge in [0.25, 0.3) is 10.0 Å². The van der Waals surface area contributed by atoms with Gasteiger partial charge in [-0.3, -0.25) is 9.40 Å². The lowest BCUT2D eigenvalue weighted by molar-refractivity contribution is -0.138. The quantitative estimate of drug-likeness (QED) is 0.837. The molecule has 0 atom stereocenters. The molecule has 26 heavy (non-hydrogen) atoms. The van der Waals surface area contributed by atoms with Crippen LogP contribution in [0.1, 0.15) is 34.5 Å². The van der Waals surface area contributed by atoms with E-state index in [0.717, 1.165) is 31.0 Å². The van der Waals surface area contributed by atoms with Crippen molar-refractivity contribution in [3.8, 4) is 0 Å². The molecule has 0 unspecified atom stereocenters. The van der Waals surface area contributed by atoms with Crippen LogP contribution in [0.25, 0.3) is 0 Å². The second kappa shape index (κ2) is 6.31. The number of nitrogens with one attached hydrogen (secondary N) is 1. The van der Waals surface area contributed by atoms with E-state index in [9.17, 15) is 26.4 Å². The number of carbonyl (C=O) groups is 1. The molecule has 1 aromatic carbocycles. The first kappa shape index (κ1) is 18.2. The highest BCUT2D eigenvalue weighted by atomic mass is 32.2. The van der Waals surface area contributed by atoms with Crippen LogP contribution in [0.5, 0.6) is 0 Å². The van der Waals surface area contributed by atoms with Gasteiger partial charge in [0, 0.05) is 18.3 Å². The molecule has 1 aromatic heterocycles. The highest BCUT2D eigenvalue weighted by molar-refractivity contribution is 7.92. The van der Waals surface area contributed by atoms with Gasteiger partial charge in [-0.1, -0.05) is 0 Å². The summed E-state index contributed by atoms with van der Waals surface area (Å²) in [5, 5.41) is 13.0. The van der Waals surface area contributed by atoms with Gasteiger partial charge in [-0.2, -0.15) is 18.3 Å². The Hall–Kier alpha value is -2.56. The Balaban J connectivity index is 1.96. The first-order valence-corrected chi connectivity index (χ1v) is 9.10. The summed E-state index contributed by atoms with van der Waals surface area (Å²) in [6.45, 7) is 0.641. The molecule has 0 radical (unpaired) electrons. The smallest absolute Gasteiger partial charge is 0.417 e. The van der Waals surface area contributed by atoms with Gasteiger partial charge in [-0.25, -0.2) is 13.2 Å². The van der Waals surface area contributed by atoms with Crippen LogP contribution >= 0.6 is 0 Å². The minimum atomic E-state index is -5.01. The number of halogens is 3. The summed E-state index contributed by atoms with van der Waals surface area (Å²) in [5.74, 6) is -1.78. The zero-order valence-corrected chi connectivity index (χ0v) is 14.1. The lowest BCUT2D eigenvalue weighted by Crippen LogP contribution is -2.18. The van der Waals surface area contributed by atoms with Crippen molar-refractivity contribution in [2.45, 2.75) is 36.9 Å². The molecule has 3 rings (SSSR count). The summed E-state index contributed by atoms with van der Waals surface area (Å²) in [6, 6.07) is 3.28. The summed E-state index contributed by atoms with van der Waals surface area (Å²) >= 11 is 0. The molecule has 2 N–H and O–H groups in total. The van der Waals surface area contributed by atoms with Crippen LogP contribution < -0.4 is 4.72 Å². The van der Waals surface area contributed by atoms with E-state index in [-0.39, 0.29) is 5.82 Å². The molecular weight excluding hydrogens is 375 g/mol. The number of hydrogen-bond donors (Lipinski definition) is 2. The molecule has 2 heterocycles. The van der Waals surface area contributed by atoms with Crippen molar-refractivity contribution in [3.05, 3.63) is 41.1 Å². The number of benzene rings is 1. The number of alkyl halides is 3.